The predicted molar refractivity (Wildman–Crippen MR) is 140 cm³/mol. The number of rotatable bonds is 6. The predicted octanol–water partition coefficient (Wildman–Crippen LogP) is 4.60. The Balaban J connectivity index is 0.00000289. The zero-order chi connectivity index (χ0) is 21.6. The molecule has 1 aliphatic rings. The van der Waals surface area contributed by atoms with E-state index in [4.69, 9.17) is 9.98 Å². The van der Waals surface area contributed by atoms with Crippen molar-refractivity contribution in [1.82, 2.24) is 20.6 Å². The first-order valence-corrected chi connectivity index (χ1v) is 11.4. The van der Waals surface area contributed by atoms with Crippen molar-refractivity contribution in [3.63, 3.8) is 0 Å². The van der Waals surface area contributed by atoms with Crippen molar-refractivity contribution in [2.45, 2.75) is 32.9 Å². The summed E-state index contributed by atoms with van der Waals surface area (Å²) >= 11 is 1.68. The molecule has 170 valence electrons. The largest absolute Gasteiger partial charge is 0.357 e. The van der Waals surface area contributed by atoms with Gasteiger partial charge in [0.2, 0.25) is 0 Å². The molecule has 0 bridgehead atoms. The number of aromatic nitrogens is 2. The molecule has 1 aliphatic heterocycles. The fourth-order valence-electron chi connectivity index (χ4n) is 3.62. The van der Waals surface area contributed by atoms with Crippen LogP contribution >= 0.6 is 35.3 Å². The molecule has 1 fully saturated rings. The third-order valence-corrected chi connectivity index (χ3v) is 6.40. The first kappa shape index (κ1) is 24.4. The van der Waals surface area contributed by atoms with Crippen LogP contribution in [-0.4, -0.2) is 41.6 Å². The van der Waals surface area contributed by atoms with Gasteiger partial charge in [0.15, 0.2) is 17.6 Å². The van der Waals surface area contributed by atoms with Gasteiger partial charge in [0.1, 0.15) is 5.01 Å². The molecule has 9 heteroatoms. The molecule has 32 heavy (non-hydrogen) atoms. The average molecular weight is 566 g/mol. The summed E-state index contributed by atoms with van der Waals surface area (Å²) in [5, 5.41) is 7.83. The van der Waals surface area contributed by atoms with E-state index in [1.54, 1.807) is 23.6 Å². The second-order valence-corrected chi connectivity index (χ2v) is 8.56. The Morgan fingerprint density at radius 1 is 1.25 bits per heavy atom. The molecule has 0 amide bonds. The maximum Gasteiger partial charge on any atom is 0.191 e. The highest BCUT2D eigenvalue weighted by atomic mass is 127. The van der Waals surface area contributed by atoms with Crippen molar-refractivity contribution < 1.29 is 4.39 Å². The Morgan fingerprint density at radius 3 is 2.81 bits per heavy atom. The van der Waals surface area contributed by atoms with Crippen LogP contribution in [0.3, 0.4) is 0 Å². The Hall–Kier alpha value is -2.27. The summed E-state index contributed by atoms with van der Waals surface area (Å²) in [6.07, 6.45) is 2.53. The maximum atomic E-state index is 14.1. The zero-order valence-electron chi connectivity index (χ0n) is 18.2. The van der Waals surface area contributed by atoms with E-state index >= 15 is 0 Å². The van der Waals surface area contributed by atoms with E-state index in [1.807, 2.05) is 36.9 Å². The minimum absolute atomic E-state index is 0. The number of hydrogen-bond acceptors (Lipinski definition) is 5. The fourth-order valence-corrected chi connectivity index (χ4v) is 4.62. The summed E-state index contributed by atoms with van der Waals surface area (Å²) in [5.41, 5.74) is 2.14. The lowest BCUT2D eigenvalue weighted by molar-refractivity contribution is 0.612. The number of anilines is 1. The summed E-state index contributed by atoms with van der Waals surface area (Å²) in [6, 6.07) is 13.5. The monoisotopic (exact) mass is 566 g/mol. The van der Waals surface area contributed by atoms with E-state index in [2.05, 4.69) is 27.8 Å². The summed E-state index contributed by atoms with van der Waals surface area (Å²) in [7, 11) is 0. The van der Waals surface area contributed by atoms with Crippen LogP contribution in [0.1, 0.15) is 23.9 Å². The molecule has 4 rings (SSSR count). The molecule has 6 nitrogen and oxygen atoms in total. The van der Waals surface area contributed by atoms with Gasteiger partial charge >= 0.3 is 0 Å². The van der Waals surface area contributed by atoms with Crippen molar-refractivity contribution in [3.8, 4) is 10.6 Å². The summed E-state index contributed by atoms with van der Waals surface area (Å²) in [5.74, 6) is 0.908. The highest BCUT2D eigenvalue weighted by molar-refractivity contribution is 14.0. The lowest BCUT2D eigenvalue weighted by Crippen LogP contribution is -2.44. The van der Waals surface area contributed by atoms with E-state index in [9.17, 15) is 4.39 Å². The zero-order valence-corrected chi connectivity index (χ0v) is 21.4. The Morgan fingerprint density at radius 2 is 2.06 bits per heavy atom. The minimum Gasteiger partial charge on any atom is -0.357 e. The molecule has 1 unspecified atom stereocenters. The first-order chi connectivity index (χ1) is 15.1. The summed E-state index contributed by atoms with van der Waals surface area (Å²) < 4.78 is 14.1. The van der Waals surface area contributed by atoms with E-state index < -0.39 is 0 Å². The van der Waals surface area contributed by atoms with Gasteiger partial charge in [0.25, 0.3) is 0 Å². The number of nitrogens with one attached hydrogen (secondary N) is 2. The van der Waals surface area contributed by atoms with Crippen LogP contribution in [0, 0.1) is 12.7 Å². The number of guanidine groups is 1. The van der Waals surface area contributed by atoms with E-state index in [0.29, 0.717) is 18.9 Å². The molecular weight excluding hydrogens is 538 g/mol. The molecule has 0 saturated carbocycles. The van der Waals surface area contributed by atoms with Crippen LogP contribution in [0.25, 0.3) is 10.6 Å². The van der Waals surface area contributed by atoms with Gasteiger partial charge in [-0.3, -0.25) is 0 Å². The molecule has 0 radical (unpaired) electrons. The summed E-state index contributed by atoms with van der Waals surface area (Å²) in [4.78, 5) is 16.8. The lowest BCUT2D eigenvalue weighted by atomic mass is 10.2. The second-order valence-electron chi connectivity index (χ2n) is 7.47. The third kappa shape index (κ3) is 5.94. The molecule has 0 spiro atoms. The lowest BCUT2D eigenvalue weighted by Gasteiger charge is -2.19. The molecule has 1 aromatic carbocycles. The third-order valence-electron chi connectivity index (χ3n) is 5.21. The number of halogens is 2. The standard InChI is InChI=1S/C23H27FN6S.HI/c1-3-25-23(29-18-11-13-30(15-18)21-19(24)10-7-12-26-21)27-14-20-16(2)28-22(31-20)17-8-5-4-6-9-17;/h4-10,12,18H,3,11,13-15H2,1-2H3,(H2,25,27,29);1H. The highest BCUT2D eigenvalue weighted by Crippen LogP contribution is 2.28. The van der Waals surface area contributed by atoms with E-state index in [1.165, 1.54) is 6.07 Å². The number of hydrogen-bond donors (Lipinski definition) is 2. The average Bonchev–Trinajstić information content (AvgIpc) is 3.40. The second kappa shape index (κ2) is 11.6. The van der Waals surface area contributed by atoms with Gasteiger partial charge in [0, 0.05) is 42.3 Å². The number of pyridine rings is 1. The number of thiazole rings is 1. The van der Waals surface area contributed by atoms with Crippen LogP contribution in [0.5, 0.6) is 0 Å². The molecule has 0 aliphatic carbocycles. The van der Waals surface area contributed by atoms with E-state index in [0.717, 1.165) is 46.6 Å². The molecule has 1 atom stereocenters. The molecular formula is C23H28FIN6S. The van der Waals surface area contributed by atoms with Crippen molar-refractivity contribution in [3.05, 3.63) is 65.0 Å². The highest BCUT2D eigenvalue weighted by Gasteiger charge is 2.26. The van der Waals surface area contributed by atoms with Gasteiger partial charge in [-0.25, -0.2) is 19.4 Å². The number of aliphatic imine (C=N–C) groups is 1. The Labute approximate surface area is 209 Å². The quantitative estimate of drug-likeness (QED) is 0.260. The van der Waals surface area contributed by atoms with Crippen LogP contribution in [-0.2, 0) is 6.54 Å². The van der Waals surface area contributed by atoms with Gasteiger partial charge < -0.3 is 15.5 Å². The van der Waals surface area contributed by atoms with Crippen molar-refractivity contribution in [1.29, 1.82) is 0 Å². The van der Waals surface area contributed by atoms with Gasteiger partial charge in [-0.15, -0.1) is 35.3 Å². The van der Waals surface area contributed by atoms with Crippen molar-refractivity contribution in [2.24, 2.45) is 4.99 Å². The minimum atomic E-state index is -0.279. The first-order valence-electron chi connectivity index (χ1n) is 10.6. The SMILES string of the molecule is CCNC(=NCc1sc(-c2ccccc2)nc1C)NC1CCN(c2ncccc2F)C1.I. The van der Waals surface area contributed by atoms with Crippen molar-refractivity contribution in [2.75, 3.05) is 24.5 Å². The molecule has 2 aromatic heterocycles. The van der Waals surface area contributed by atoms with Gasteiger partial charge in [0.05, 0.1) is 12.2 Å². The van der Waals surface area contributed by atoms with E-state index in [-0.39, 0.29) is 35.8 Å². The van der Waals surface area contributed by atoms with Crippen LogP contribution < -0.4 is 15.5 Å². The molecule has 3 heterocycles. The summed E-state index contributed by atoms with van der Waals surface area (Å²) in [6.45, 7) is 6.87. The smallest absolute Gasteiger partial charge is 0.191 e. The normalized spacial score (nSPS) is 16.0. The molecule has 3 aromatic rings. The fraction of sp³-hybridized carbons (Fsp3) is 0.348. The maximum absolute atomic E-state index is 14.1. The van der Waals surface area contributed by atoms with Gasteiger partial charge in [-0.2, -0.15) is 0 Å². The van der Waals surface area contributed by atoms with Crippen molar-refractivity contribution >= 4 is 47.1 Å². The molecule has 2 N–H and O–H groups in total. The van der Waals surface area contributed by atoms with Crippen LogP contribution in [0.4, 0.5) is 10.2 Å². The van der Waals surface area contributed by atoms with Crippen LogP contribution in [0.15, 0.2) is 53.7 Å². The number of aryl methyl sites for hydroxylation is 1. The Bertz CT molecular complexity index is 1040. The van der Waals surface area contributed by atoms with Gasteiger partial charge in [-0.1, -0.05) is 30.3 Å². The number of benzene rings is 1. The number of nitrogens with zero attached hydrogens (tertiary/aromatic N) is 4. The topological polar surface area (TPSA) is 65.4 Å². The Kier molecular flexibility index (Phi) is 8.80. The van der Waals surface area contributed by atoms with Gasteiger partial charge in [-0.05, 0) is 32.4 Å². The van der Waals surface area contributed by atoms with Crippen LogP contribution in [0.2, 0.25) is 0 Å². The molecule has 1 saturated heterocycles.